The molecule has 0 spiro atoms. The van der Waals surface area contributed by atoms with Crippen LogP contribution in [0.5, 0.6) is 5.75 Å². The summed E-state index contributed by atoms with van der Waals surface area (Å²) in [5, 5.41) is 8.58. The largest absolute Gasteiger partial charge is 0.491 e. The Balaban J connectivity index is 2.68. The summed E-state index contributed by atoms with van der Waals surface area (Å²) in [6, 6.07) is 7.27. The fourth-order valence-corrected chi connectivity index (χ4v) is 1.13. The highest BCUT2D eigenvalue weighted by atomic mass is 16.5. The molecule has 1 aromatic rings. The second kappa shape index (κ2) is 5.59. The molecule has 1 aromatic carbocycles. The molecule has 0 heterocycles. The van der Waals surface area contributed by atoms with Crippen molar-refractivity contribution in [3.05, 3.63) is 29.8 Å². The lowest BCUT2D eigenvalue weighted by Crippen LogP contribution is -2.20. The number of rotatable bonds is 5. The molecule has 1 rings (SSSR count). The van der Waals surface area contributed by atoms with Crippen molar-refractivity contribution in [3.63, 3.8) is 0 Å². The second-order valence-electron chi connectivity index (χ2n) is 2.99. The van der Waals surface area contributed by atoms with Crippen molar-refractivity contribution in [2.24, 2.45) is 11.5 Å². The Hall–Kier alpha value is -1.10. The Bertz CT molecular complexity index is 279. The van der Waals surface area contributed by atoms with Crippen molar-refractivity contribution in [2.75, 3.05) is 19.8 Å². The van der Waals surface area contributed by atoms with E-state index in [0.717, 1.165) is 5.56 Å². The Labute approximate surface area is 83.5 Å². The van der Waals surface area contributed by atoms with Gasteiger partial charge in [-0.2, -0.15) is 0 Å². The average Bonchev–Trinajstić information content (AvgIpc) is 2.25. The van der Waals surface area contributed by atoms with Crippen LogP contribution in [0.15, 0.2) is 24.3 Å². The lowest BCUT2D eigenvalue weighted by atomic mass is 10.1. The monoisotopic (exact) mass is 196 g/mol. The van der Waals surface area contributed by atoms with Crippen LogP contribution in [0.3, 0.4) is 0 Å². The molecule has 0 bridgehead atoms. The van der Waals surface area contributed by atoms with Gasteiger partial charge in [-0.3, -0.25) is 0 Å². The number of nitrogens with two attached hydrogens (primary N) is 2. The summed E-state index contributed by atoms with van der Waals surface area (Å²) < 4.78 is 5.24. The van der Waals surface area contributed by atoms with E-state index < -0.39 is 0 Å². The third kappa shape index (κ3) is 2.99. The molecule has 5 N–H and O–H groups in total. The Kier molecular flexibility index (Phi) is 4.39. The average molecular weight is 196 g/mol. The third-order valence-corrected chi connectivity index (χ3v) is 1.90. The van der Waals surface area contributed by atoms with E-state index in [4.69, 9.17) is 21.3 Å². The van der Waals surface area contributed by atoms with Gasteiger partial charge in [-0.15, -0.1) is 0 Å². The molecule has 0 radical (unpaired) electrons. The highest BCUT2D eigenvalue weighted by molar-refractivity contribution is 5.30. The quantitative estimate of drug-likeness (QED) is 0.620. The predicted octanol–water partition coefficient (Wildman–Crippen LogP) is 0.0162. The van der Waals surface area contributed by atoms with E-state index in [-0.39, 0.29) is 12.6 Å². The first-order chi connectivity index (χ1) is 6.77. The molecule has 4 heteroatoms. The van der Waals surface area contributed by atoms with Crippen LogP contribution in [0.4, 0.5) is 0 Å². The van der Waals surface area contributed by atoms with Gasteiger partial charge in [-0.25, -0.2) is 0 Å². The summed E-state index contributed by atoms with van der Waals surface area (Å²) in [4.78, 5) is 0. The predicted molar refractivity (Wildman–Crippen MR) is 55.0 cm³/mol. The van der Waals surface area contributed by atoms with Crippen molar-refractivity contribution in [1.29, 1.82) is 0 Å². The maximum atomic E-state index is 8.58. The summed E-state index contributed by atoms with van der Waals surface area (Å²) in [5.41, 5.74) is 12.2. The van der Waals surface area contributed by atoms with Gasteiger partial charge in [0.1, 0.15) is 12.4 Å². The molecule has 0 aliphatic heterocycles. The lowest BCUT2D eigenvalue weighted by molar-refractivity contribution is 0.201. The number of hydrogen-bond acceptors (Lipinski definition) is 4. The first-order valence-electron chi connectivity index (χ1n) is 4.57. The molecule has 0 fully saturated rings. The standard InChI is InChI=1S/C10H16N2O2/c11-7-10(12)8-2-1-3-9(6-8)14-5-4-13/h1-3,6,10,13H,4-5,7,11-12H2/t10-/m1/s1. The van der Waals surface area contributed by atoms with E-state index in [1.54, 1.807) is 0 Å². The van der Waals surface area contributed by atoms with Gasteiger partial charge in [0, 0.05) is 12.6 Å². The van der Waals surface area contributed by atoms with Crippen LogP contribution in [0.25, 0.3) is 0 Å². The summed E-state index contributed by atoms with van der Waals surface area (Å²) in [6.07, 6.45) is 0. The Morgan fingerprint density at radius 1 is 1.43 bits per heavy atom. The number of hydrogen-bond donors (Lipinski definition) is 3. The van der Waals surface area contributed by atoms with Crippen molar-refractivity contribution in [3.8, 4) is 5.75 Å². The van der Waals surface area contributed by atoms with Crippen LogP contribution in [-0.4, -0.2) is 24.9 Å². The van der Waals surface area contributed by atoms with Gasteiger partial charge in [-0.1, -0.05) is 12.1 Å². The summed E-state index contributed by atoms with van der Waals surface area (Å²) in [5.74, 6) is 0.709. The van der Waals surface area contributed by atoms with Crippen LogP contribution in [0.1, 0.15) is 11.6 Å². The highest BCUT2D eigenvalue weighted by Gasteiger charge is 2.04. The van der Waals surface area contributed by atoms with Gasteiger partial charge >= 0.3 is 0 Å². The minimum Gasteiger partial charge on any atom is -0.491 e. The molecule has 4 nitrogen and oxygen atoms in total. The molecule has 0 aliphatic rings. The summed E-state index contributed by atoms with van der Waals surface area (Å²) in [6.45, 7) is 0.706. The van der Waals surface area contributed by atoms with Crippen molar-refractivity contribution < 1.29 is 9.84 Å². The van der Waals surface area contributed by atoms with Crippen molar-refractivity contribution in [1.82, 2.24) is 0 Å². The van der Waals surface area contributed by atoms with Crippen LogP contribution in [-0.2, 0) is 0 Å². The molecule has 0 saturated carbocycles. The maximum Gasteiger partial charge on any atom is 0.119 e. The van der Waals surface area contributed by atoms with E-state index >= 15 is 0 Å². The molecule has 78 valence electrons. The molecule has 0 unspecified atom stereocenters. The molecular formula is C10H16N2O2. The van der Waals surface area contributed by atoms with Gasteiger partial charge in [-0.05, 0) is 17.7 Å². The Morgan fingerprint density at radius 2 is 2.21 bits per heavy atom. The van der Waals surface area contributed by atoms with E-state index in [0.29, 0.717) is 18.9 Å². The number of ether oxygens (including phenoxy) is 1. The zero-order chi connectivity index (χ0) is 10.4. The van der Waals surface area contributed by atoms with Crippen LogP contribution >= 0.6 is 0 Å². The zero-order valence-electron chi connectivity index (χ0n) is 8.02. The van der Waals surface area contributed by atoms with Crippen LogP contribution in [0, 0.1) is 0 Å². The van der Waals surface area contributed by atoms with E-state index in [2.05, 4.69) is 0 Å². The SMILES string of the molecule is NC[C@@H](N)c1cccc(OCCO)c1. The molecular weight excluding hydrogens is 180 g/mol. The van der Waals surface area contributed by atoms with Crippen LogP contribution < -0.4 is 16.2 Å². The zero-order valence-corrected chi connectivity index (χ0v) is 8.02. The summed E-state index contributed by atoms with van der Waals surface area (Å²) in [7, 11) is 0. The lowest BCUT2D eigenvalue weighted by Gasteiger charge is -2.11. The number of aliphatic hydroxyl groups is 1. The van der Waals surface area contributed by atoms with Gasteiger partial charge in [0.15, 0.2) is 0 Å². The highest BCUT2D eigenvalue weighted by Crippen LogP contribution is 2.17. The van der Waals surface area contributed by atoms with Gasteiger partial charge in [0.2, 0.25) is 0 Å². The fourth-order valence-electron chi connectivity index (χ4n) is 1.13. The first kappa shape index (κ1) is 11.0. The molecule has 0 saturated heterocycles. The molecule has 0 aliphatic carbocycles. The van der Waals surface area contributed by atoms with E-state index in [1.807, 2.05) is 24.3 Å². The van der Waals surface area contributed by atoms with Gasteiger partial charge in [0.25, 0.3) is 0 Å². The van der Waals surface area contributed by atoms with Crippen molar-refractivity contribution in [2.45, 2.75) is 6.04 Å². The number of benzene rings is 1. The smallest absolute Gasteiger partial charge is 0.119 e. The molecule has 0 aromatic heterocycles. The van der Waals surface area contributed by atoms with Gasteiger partial charge < -0.3 is 21.3 Å². The van der Waals surface area contributed by atoms with E-state index in [1.165, 1.54) is 0 Å². The first-order valence-corrected chi connectivity index (χ1v) is 4.57. The van der Waals surface area contributed by atoms with Gasteiger partial charge in [0.05, 0.1) is 6.61 Å². The summed E-state index contributed by atoms with van der Waals surface area (Å²) >= 11 is 0. The maximum absolute atomic E-state index is 8.58. The molecule has 14 heavy (non-hydrogen) atoms. The third-order valence-electron chi connectivity index (χ3n) is 1.90. The normalized spacial score (nSPS) is 12.5. The fraction of sp³-hybridized carbons (Fsp3) is 0.400. The molecule has 1 atom stereocenters. The minimum atomic E-state index is -0.160. The number of aliphatic hydroxyl groups excluding tert-OH is 1. The van der Waals surface area contributed by atoms with Crippen molar-refractivity contribution >= 4 is 0 Å². The molecule has 0 amide bonds. The minimum absolute atomic E-state index is 0.00711. The van der Waals surface area contributed by atoms with Crippen LogP contribution in [0.2, 0.25) is 0 Å². The Morgan fingerprint density at radius 3 is 2.86 bits per heavy atom. The topological polar surface area (TPSA) is 81.5 Å². The second-order valence-corrected chi connectivity index (χ2v) is 2.99. The van der Waals surface area contributed by atoms with E-state index in [9.17, 15) is 0 Å².